The lowest BCUT2D eigenvalue weighted by atomic mass is 9.86. The molecule has 1 saturated heterocycles. The SMILES string of the molecule is CN(C)c1nccc(N2CCC(C(=O)O)(C(F)(F)F)C2)n1. The summed E-state index contributed by atoms with van der Waals surface area (Å²) in [6.45, 7) is -0.661. The van der Waals surface area contributed by atoms with E-state index in [1.807, 2.05) is 0 Å². The van der Waals surface area contributed by atoms with E-state index in [1.54, 1.807) is 19.0 Å². The Hall–Kier alpha value is -2.06. The van der Waals surface area contributed by atoms with Gasteiger partial charge in [0.25, 0.3) is 0 Å². The van der Waals surface area contributed by atoms with E-state index in [0.29, 0.717) is 11.8 Å². The van der Waals surface area contributed by atoms with Crippen LogP contribution in [-0.4, -0.2) is 54.4 Å². The van der Waals surface area contributed by atoms with Crippen LogP contribution < -0.4 is 9.80 Å². The predicted octanol–water partition coefficient (Wildman–Crippen LogP) is 1.39. The van der Waals surface area contributed by atoms with Gasteiger partial charge in [-0.05, 0) is 12.5 Å². The molecule has 1 atom stereocenters. The zero-order valence-electron chi connectivity index (χ0n) is 11.6. The third-order valence-electron chi connectivity index (χ3n) is 3.57. The van der Waals surface area contributed by atoms with E-state index in [0.717, 1.165) is 0 Å². The van der Waals surface area contributed by atoms with Gasteiger partial charge in [0.2, 0.25) is 5.95 Å². The van der Waals surface area contributed by atoms with Gasteiger partial charge in [0.05, 0.1) is 0 Å². The van der Waals surface area contributed by atoms with Crippen LogP contribution in [0.25, 0.3) is 0 Å². The third kappa shape index (κ3) is 2.59. The number of nitrogens with zero attached hydrogens (tertiary/aromatic N) is 4. The van der Waals surface area contributed by atoms with Gasteiger partial charge in [0, 0.05) is 33.4 Å². The van der Waals surface area contributed by atoms with E-state index >= 15 is 0 Å². The van der Waals surface area contributed by atoms with Crippen molar-refractivity contribution in [3.8, 4) is 0 Å². The molecule has 0 radical (unpaired) electrons. The Kier molecular flexibility index (Phi) is 3.68. The fourth-order valence-corrected chi connectivity index (χ4v) is 2.26. The Morgan fingerprint density at radius 2 is 2.14 bits per heavy atom. The van der Waals surface area contributed by atoms with Crippen LogP contribution in [-0.2, 0) is 4.79 Å². The van der Waals surface area contributed by atoms with E-state index in [2.05, 4.69) is 9.97 Å². The standard InChI is InChI=1S/C12H15F3N4O2/c1-18(2)10-16-5-3-8(17-10)19-6-4-11(7-19,9(20)21)12(13,14)15/h3,5H,4,6-7H2,1-2H3,(H,20,21). The Bertz CT molecular complexity index is 550. The summed E-state index contributed by atoms with van der Waals surface area (Å²) in [4.78, 5) is 22.2. The van der Waals surface area contributed by atoms with Crippen molar-refractivity contribution in [2.45, 2.75) is 12.6 Å². The number of rotatable bonds is 3. The summed E-state index contributed by atoms with van der Waals surface area (Å²) in [5, 5.41) is 9.02. The molecule has 21 heavy (non-hydrogen) atoms. The van der Waals surface area contributed by atoms with Crippen molar-refractivity contribution in [1.82, 2.24) is 9.97 Å². The molecular formula is C12H15F3N4O2. The maximum Gasteiger partial charge on any atom is 0.406 e. The highest BCUT2D eigenvalue weighted by molar-refractivity contribution is 5.77. The van der Waals surface area contributed by atoms with Gasteiger partial charge < -0.3 is 14.9 Å². The zero-order valence-corrected chi connectivity index (χ0v) is 11.6. The van der Waals surface area contributed by atoms with Crippen molar-refractivity contribution in [3.05, 3.63) is 12.3 Å². The van der Waals surface area contributed by atoms with Crippen molar-refractivity contribution in [1.29, 1.82) is 0 Å². The fraction of sp³-hybridized carbons (Fsp3) is 0.583. The van der Waals surface area contributed by atoms with E-state index in [1.165, 1.54) is 17.2 Å². The largest absolute Gasteiger partial charge is 0.481 e. The van der Waals surface area contributed by atoms with E-state index in [-0.39, 0.29) is 6.54 Å². The zero-order chi connectivity index (χ0) is 15.8. The molecule has 6 nitrogen and oxygen atoms in total. The quantitative estimate of drug-likeness (QED) is 0.910. The highest BCUT2D eigenvalue weighted by atomic mass is 19.4. The third-order valence-corrected chi connectivity index (χ3v) is 3.57. The molecule has 116 valence electrons. The van der Waals surface area contributed by atoms with Gasteiger partial charge in [0.1, 0.15) is 5.82 Å². The lowest BCUT2D eigenvalue weighted by molar-refractivity contribution is -0.225. The van der Waals surface area contributed by atoms with Crippen LogP contribution in [0.3, 0.4) is 0 Å². The molecule has 1 unspecified atom stereocenters. The molecule has 1 N–H and O–H groups in total. The molecule has 1 aliphatic heterocycles. The lowest BCUT2D eigenvalue weighted by Crippen LogP contribution is -2.47. The van der Waals surface area contributed by atoms with Crippen molar-refractivity contribution in [2.24, 2.45) is 5.41 Å². The van der Waals surface area contributed by atoms with Crippen LogP contribution in [0, 0.1) is 5.41 Å². The van der Waals surface area contributed by atoms with E-state index in [9.17, 15) is 18.0 Å². The molecule has 2 heterocycles. The van der Waals surface area contributed by atoms with E-state index in [4.69, 9.17) is 5.11 Å². The molecule has 1 aromatic rings. The summed E-state index contributed by atoms with van der Waals surface area (Å²) in [5.74, 6) is -1.20. The maximum atomic E-state index is 13.1. The second-order valence-corrected chi connectivity index (χ2v) is 5.17. The normalized spacial score (nSPS) is 22.4. The van der Waals surface area contributed by atoms with Gasteiger partial charge in [-0.15, -0.1) is 0 Å². The second kappa shape index (κ2) is 5.05. The Morgan fingerprint density at radius 3 is 2.62 bits per heavy atom. The average Bonchev–Trinajstić information content (AvgIpc) is 2.84. The van der Waals surface area contributed by atoms with Crippen molar-refractivity contribution < 1.29 is 23.1 Å². The molecule has 1 aliphatic rings. The number of carbonyl (C=O) groups is 1. The molecule has 0 aromatic carbocycles. The van der Waals surface area contributed by atoms with Crippen molar-refractivity contribution in [2.75, 3.05) is 37.0 Å². The molecular weight excluding hydrogens is 289 g/mol. The highest BCUT2D eigenvalue weighted by Gasteiger charge is 2.63. The van der Waals surface area contributed by atoms with Gasteiger partial charge in [-0.25, -0.2) is 4.98 Å². The van der Waals surface area contributed by atoms with Gasteiger partial charge in [-0.1, -0.05) is 0 Å². The summed E-state index contributed by atoms with van der Waals surface area (Å²) in [7, 11) is 3.42. The Morgan fingerprint density at radius 1 is 1.48 bits per heavy atom. The fourth-order valence-electron chi connectivity index (χ4n) is 2.26. The van der Waals surface area contributed by atoms with Crippen molar-refractivity contribution >= 4 is 17.7 Å². The maximum absolute atomic E-state index is 13.1. The number of aliphatic carboxylic acids is 1. The topological polar surface area (TPSA) is 69.6 Å². The van der Waals surface area contributed by atoms with Crippen molar-refractivity contribution in [3.63, 3.8) is 0 Å². The number of halogens is 3. The first-order valence-corrected chi connectivity index (χ1v) is 6.23. The second-order valence-electron chi connectivity index (χ2n) is 5.17. The number of aromatic nitrogens is 2. The molecule has 0 amide bonds. The Labute approximate surface area is 119 Å². The summed E-state index contributed by atoms with van der Waals surface area (Å²) in [6.07, 6.45) is -3.86. The first-order valence-electron chi connectivity index (χ1n) is 6.23. The average molecular weight is 304 g/mol. The number of hydrogen-bond donors (Lipinski definition) is 1. The molecule has 0 saturated carbocycles. The first kappa shape index (κ1) is 15.3. The van der Waals surface area contributed by atoms with Crippen LogP contribution in [0.5, 0.6) is 0 Å². The van der Waals surface area contributed by atoms with E-state index < -0.39 is 30.5 Å². The number of hydrogen-bond acceptors (Lipinski definition) is 5. The summed E-state index contributed by atoms with van der Waals surface area (Å²) in [5.41, 5.74) is -2.74. The summed E-state index contributed by atoms with van der Waals surface area (Å²) < 4.78 is 39.3. The number of alkyl halides is 3. The molecule has 9 heteroatoms. The van der Waals surface area contributed by atoms with Gasteiger partial charge in [-0.2, -0.15) is 18.2 Å². The first-order chi connectivity index (χ1) is 9.67. The minimum atomic E-state index is -4.80. The number of carboxylic acid groups (broad SMARTS) is 1. The number of anilines is 2. The van der Waals surface area contributed by atoms with Crippen LogP contribution in [0.4, 0.5) is 24.9 Å². The van der Waals surface area contributed by atoms with Gasteiger partial charge in [-0.3, -0.25) is 4.79 Å². The van der Waals surface area contributed by atoms with Crippen LogP contribution in [0.15, 0.2) is 12.3 Å². The van der Waals surface area contributed by atoms with Gasteiger partial charge >= 0.3 is 12.1 Å². The summed E-state index contributed by atoms with van der Waals surface area (Å²) >= 11 is 0. The molecule has 0 spiro atoms. The minimum Gasteiger partial charge on any atom is -0.481 e. The summed E-state index contributed by atoms with van der Waals surface area (Å²) in [6, 6.07) is 1.47. The highest BCUT2D eigenvalue weighted by Crippen LogP contribution is 2.46. The minimum absolute atomic E-state index is 0.0182. The molecule has 1 aromatic heterocycles. The molecule has 0 aliphatic carbocycles. The van der Waals surface area contributed by atoms with Gasteiger partial charge in [0.15, 0.2) is 5.41 Å². The predicted molar refractivity (Wildman–Crippen MR) is 69.3 cm³/mol. The van der Waals surface area contributed by atoms with Crippen LogP contribution in [0.1, 0.15) is 6.42 Å². The molecule has 2 rings (SSSR count). The molecule has 0 bridgehead atoms. The van der Waals surface area contributed by atoms with Crippen LogP contribution in [0.2, 0.25) is 0 Å². The monoisotopic (exact) mass is 304 g/mol. The smallest absolute Gasteiger partial charge is 0.406 e. The number of carboxylic acids is 1. The lowest BCUT2D eigenvalue weighted by Gasteiger charge is -2.27. The molecule has 1 fully saturated rings. The van der Waals surface area contributed by atoms with Crippen LogP contribution >= 0.6 is 0 Å². The Balaban J connectivity index is 2.30.